The molecule has 2 rings (SSSR count). The topological polar surface area (TPSA) is 95.0 Å². The fourth-order valence-corrected chi connectivity index (χ4v) is 2.61. The van der Waals surface area contributed by atoms with Crippen molar-refractivity contribution in [2.24, 2.45) is 16.8 Å². The Morgan fingerprint density at radius 3 is 3.00 bits per heavy atom. The van der Waals surface area contributed by atoms with Crippen LogP contribution in [0.15, 0.2) is 17.4 Å². The summed E-state index contributed by atoms with van der Waals surface area (Å²) in [5.41, 5.74) is 6.02. The van der Waals surface area contributed by atoms with E-state index in [0.29, 0.717) is 22.9 Å². The summed E-state index contributed by atoms with van der Waals surface area (Å²) in [6.45, 7) is 3.27. The van der Waals surface area contributed by atoms with Crippen LogP contribution in [0.3, 0.4) is 0 Å². The molecular weight excluding hydrogens is 268 g/mol. The van der Waals surface area contributed by atoms with Gasteiger partial charge in [0.05, 0.1) is 11.1 Å². The smallest absolute Gasteiger partial charge is 0.171 e. The molecule has 0 aliphatic carbocycles. The predicted molar refractivity (Wildman–Crippen MR) is 73.8 cm³/mol. The quantitative estimate of drug-likeness (QED) is 0.334. The molecule has 1 aromatic heterocycles. The SMILES string of the molecule is CC(O)C1CCN(c2nccc(/C(N)=N/O)c2Cl)C1. The molecule has 1 aliphatic rings. The summed E-state index contributed by atoms with van der Waals surface area (Å²) in [7, 11) is 0. The molecule has 2 unspecified atom stereocenters. The van der Waals surface area contributed by atoms with Crippen LogP contribution in [0.5, 0.6) is 0 Å². The van der Waals surface area contributed by atoms with Crippen LogP contribution in [0.2, 0.25) is 5.02 Å². The van der Waals surface area contributed by atoms with E-state index in [9.17, 15) is 5.11 Å². The maximum atomic E-state index is 9.61. The molecular formula is C12H17ClN4O2. The Kier molecular flexibility index (Phi) is 4.11. The normalized spacial score (nSPS) is 21.7. The molecule has 0 radical (unpaired) electrons. The largest absolute Gasteiger partial charge is 0.409 e. The lowest BCUT2D eigenvalue weighted by atomic mass is 10.0. The van der Waals surface area contributed by atoms with Crippen LogP contribution >= 0.6 is 11.6 Å². The van der Waals surface area contributed by atoms with E-state index in [1.807, 2.05) is 4.90 Å². The van der Waals surface area contributed by atoms with E-state index in [4.69, 9.17) is 22.5 Å². The van der Waals surface area contributed by atoms with Gasteiger partial charge in [-0.1, -0.05) is 16.8 Å². The molecule has 7 heteroatoms. The first-order chi connectivity index (χ1) is 9.04. The molecule has 1 aromatic rings. The lowest BCUT2D eigenvalue weighted by molar-refractivity contribution is 0.136. The van der Waals surface area contributed by atoms with Gasteiger partial charge in [-0.2, -0.15) is 0 Å². The molecule has 2 atom stereocenters. The van der Waals surface area contributed by atoms with Crippen LogP contribution in [0, 0.1) is 5.92 Å². The van der Waals surface area contributed by atoms with Crippen molar-refractivity contribution in [3.05, 3.63) is 22.8 Å². The van der Waals surface area contributed by atoms with Crippen molar-refractivity contribution < 1.29 is 10.3 Å². The minimum absolute atomic E-state index is 0.0417. The van der Waals surface area contributed by atoms with Gasteiger partial charge in [0.2, 0.25) is 0 Å². The van der Waals surface area contributed by atoms with Crippen molar-refractivity contribution in [1.82, 2.24) is 4.98 Å². The van der Waals surface area contributed by atoms with Crippen LogP contribution in [0.1, 0.15) is 18.9 Å². The minimum atomic E-state index is -0.351. The summed E-state index contributed by atoms with van der Waals surface area (Å²) in [5, 5.41) is 21.7. The third-order valence-electron chi connectivity index (χ3n) is 3.46. The predicted octanol–water partition coefficient (Wildman–Crippen LogP) is 1.04. The first-order valence-corrected chi connectivity index (χ1v) is 6.47. The van der Waals surface area contributed by atoms with Gasteiger partial charge in [0, 0.05) is 30.8 Å². The number of hydrogen-bond donors (Lipinski definition) is 3. The second kappa shape index (κ2) is 5.63. The van der Waals surface area contributed by atoms with Crippen molar-refractivity contribution in [1.29, 1.82) is 0 Å². The molecule has 0 amide bonds. The molecule has 0 saturated carbocycles. The summed E-state index contributed by atoms with van der Waals surface area (Å²) in [6, 6.07) is 1.60. The van der Waals surface area contributed by atoms with E-state index in [1.54, 1.807) is 19.2 Å². The lowest BCUT2D eigenvalue weighted by Crippen LogP contribution is -2.25. The Balaban J connectivity index is 2.27. The number of aliphatic hydroxyl groups excluding tert-OH is 1. The van der Waals surface area contributed by atoms with Crippen molar-refractivity contribution in [3.63, 3.8) is 0 Å². The average molecular weight is 285 g/mol. The fourth-order valence-electron chi connectivity index (χ4n) is 2.28. The Labute approximate surface area is 116 Å². The first kappa shape index (κ1) is 13.9. The van der Waals surface area contributed by atoms with Gasteiger partial charge in [-0.3, -0.25) is 0 Å². The van der Waals surface area contributed by atoms with Gasteiger partial charge >= 0.3 is 0 Å². The standard InChI is InChI=1S/C12H17ClN4O2/c1-7(18)8-3-5-17(6-8)12-10(13)9(2-4-15-12)11(14)16-19/h2,4,7-8,18-19H,3,5-6H2,1H3,(H2,14,16). The molecule has 0 spiro atoms. The number of pyridine rings is 1. The van der Waals surface area contributed by atoms with E-state index >= 15 is 0 Å². The molecule has 0 bridgehead atoms. The fraction of sp³-hybridized carbons (Fsp3) is 0.500. The van der Waals surface area contributed by atoms with Crippen LogP contribution in [-0.2, 0) is 0 Å². The number of nitrogens with two attached hydrogens (primary N) is 1. The van der Waals surface area contributed by atoms with E-state index < -0.39 is 0 Å². The van der Waals surface area contributed by atoms with E-state index in [2.05, 4.69) is 10.1 Å². The highest BCUT2D eigenvalue weighted by atomic mass is 35.5. The van der Waals surface area contributed by atoms with Gasteiger partial charge in [-0.15, -0.1) is 0 Å². The Morgan fingerprint density at radius 2 is 2.42 bits per heavy atom. The van der Waals surface area contributed by atoms with Crippen molar-refractivity contribution in [2.45, 2.75) is 19.4 Å². The number of aromatic nitrogens is 1. The van der Waals surface area contributed by atoms with Crippen molar-refractivity contribution in [3.8, 4) is 0 Å². The van der Waals surface area contributed by atoms with Crippen LogP contribution in [-0.4, -0.2) is 40.3 Å². The van der Waals surface area contributed by atoms with Gasteiger partial charge in [0.15, 0.2) is 5.84 Å². The number of rotatable bonds is 3. The van der Waals surface area contributed by atoms with Crippen LogP contribution in [0.4, 0.5) is 5.82 Å². The number of halogens is 1. The number of aliphatic hydroxyl groups is 1. The zero-order valence-electron chi connectivity index (χ0n) is 10.6. The average Bonchev–Trinajstić information content (AvgIpc) is 2.87. The van der Waals surface area contributed by atoms with Gasteiger partial charge in [-0.25, -0.2) is 4.98 Å². The van der Waals surface area contributed by atoms with Crippen molar-refractivity contribution in [2.75, 3.05) is 18.0 Å². The minimum Gasteiger partial charge on any atom is -0.409 e. The number of anilines is 1. The third-order valence-corrected chi connectivity index (χ3v) is 3.83. The Bertz CT molecular complexity index is 493. The zero-order valence-corrected chi connectivity index (χ0v) is 11.4. The summed E-state index contributed by atoms with van der Waals surface area (Å²) in [5.74, 6) is 0.777. The lowest BCUT2D eigenvalue weighted by Gasteiger charge is -2.20. The zero-order chi connectivity index (χ0) is 14.0. The number of oxime groups is 1. The number of amidine groups is 1. The van der Waals surface area contributed by atoms with E-state index in [1.165, 1.54) is 0 Å². The van der Waals surface area contributed by atoms with Gasteiger partial charge in [0.1, 0.15) is 5.82 Å². The van der Waals surface area contributed by atoms with Crippen LogP contribution in [0.25, 0.3) is 0 Å². The highest BCUT2D eigenvalue weighted by Gasteiger charge is 2.28. The highest BCUT2D eigenvalue weighted by molar-refractivity contribution is 6.36. The summed E-state index contributed by atoms with van der Waals surface area (Å²) in [4.78, 5) is 6.26. The molecule has 6 nitrogen and oxygen atoms in total. The Hall–Kier alpha value is -1.53. The molecule has 1 aliphatic heterocycles. The number of hydrogen-bond acceptors (Lipinski definition) is 5. The summed E-state index contributed by atoms with van der Waals surface area (Å²) in [6.07, 6.45) is 2.12. The summed E-state index contributed by atoms with van der Waals surface area (Å²) >= 11 is 6.25. The molecule has 1 fully saturated rings. The molecule has 2 heterocycles. The maximum absolute atomic E-state index is 9.61. The van der Waals surface area contributed by atoms with Crippen LogP contribution < -0.4 is 10.6 Å². The van der Waals surface area contributed by atoms with Crippen molar-refractivity contribution >= 4 is 23.3 Å². The number of nitrogens with zero attached hydrogens (tertiary/aromatic N) is 3. The molecule has 0 aromatic carbocycles. The monoisotopic (exact) mass is 284 g/mol. The molecule has 19 heavy (non-hydrogen) atoms. The van der Waals surface area contributed by atoms with Gasteiger partial charge in [-0.05, 0) is 19.4 Å². The van der Waals surface area contributed by atoms with Gasteiger partial charge in [0.25, 0.3) is 0 Å². The highest BCUT2D eigenvalue weighted by Crippen LogP contribution is 2.31. The second-order valence-corrected chi connectivity index (χ2v) is 5.09. The summed E-state index contributed by atoms with van der Waals surface area (Å²) < 4.78 is 0. The molecule has 104 valence electrons. The molecule has 4 N–H and O–H groups in total. The Morgan fingerprint density at radius 1 is 1.68 bits per heavy atom. The molecule has 1 saturated heterocycles. The third kappa shape index (κ3) is 2.74. The maximum Gasteiger partial charge on any atom is 0.171 e. The van der Waals surface area contributed by atoms with Gasteiger partial charge < -0.3 is 20.9 Å². The first-order valence-electron chi connectivity index (χ1n) is 6.10. The van der Waals surface area contributed by atoms with E-state index in [0.717, 1.165) is 13.0 Å². The van der Waals surface area contributed by atoms with E-state index in [-0.39, 0.29) is 17.9 Å². The second-order valence-electron chi connectivity index (χ2n) is 4.72.